The molecule has 2 nitrogen and oxygen atoms in total. The summed E-state index contributed by atoms with van der Waals surface area (Å²) in [6, 6.07) is 4.94. The summed E-state index contributed by atoms with van der Waals surface area (Å²) in [4.78, 5) is 0. The predicted octanol–water partition coefficient (Wildman–Crippen LogP) is 3.47. The maximum absolute atomic E-state index is 6.22. The van der Waals surface area contributed by atoms with Gasteiger partial charge in [0.15, 0.2) is 0 Å². The first-order valence-corrected chi connectivity index (χ1v) is 7.37. The number of nitrogens with zero attached hydrogens (tertiary/aromatic N) is 1. The molecule has 2 N–H and O–H groups in total. The van der Waals surface area contributed by atoms with Crippen LogP contribution in [0.2, 0.25) is 0 Å². The van der Waals surface area contributed by atoms with Crippen molar-refractivity contribution in [2.45, 2.75) is 45.6 Å². The molecule has 2 aromatic rings. The molecular weight excluding hydrogens is 232 g/mol. The Kier molecular flexibility index (Phi) is 3.14. The van der Waals surface area contributed by atoms with Gasteiger partial charge >= 0.3 is 0 Å². The van der Waals surface area contributed by atoms with Gasteiger partial charge in [-0.1, -0.05) is 18.6 Å². The smallest absolute Gasteiger partial charge is 0.0512 e. The number of nitrogens with two attached hydrogens (primary N) is 1. The standard InChI is InChI=1S/C17H24N2/c1-11-7-8-15-14(9-13-5-4-6-16(13)18)10-19(3)17(15)12(11)2/h7-8,10,13,16H,4-6,9,18H2,1-3H3. The lowest BCUT2D eigenvalue weighted by atomic mass is 9.94. The van der Waals surface area contributed by atoms with Crippen LogP contribution in [0.5, 0.6) is 0 Å². The van der Waals surface area contributed by atoms with Gasteiger partial charge in [0.05, 0.1) is 5.52 Å². The van der Waals surface area contributed by atoms with Crippen molar-refractivity contribution in [3.05, 3.63) is 35.0 Å². The lowest BCUT2D eigenvalue weighted by molar-refractivity contribution is 0.480. The van der Waals surface area contributed by atoms with Crippen LogP contribution in [-0.2, 0) is 13.5 Å². The Labute approximate surface area is 115 Å². The molecule has 1 aromatic carbocycles. The van der Waals surface area contributed by atoms with E-state index in [2.05, 4.69) is 43.8 Å². The quantitative estimate of drug-likeness (QED) is 0.876. The summed E-state index contributed by atoms with van der Waals surface area (Å²) >= 11 is 0. The van der Waals surface area contributed by atoms with Crippen molar-refractivity contribution in [3.63, 3.8) is 0 Å². The Bertz CT molecular complexity index is 609. The summed E-state index contributed by atoms with van der Waals surface area (Å²) in [5.41, 5.74) is 11.9. The van der Waals surface area contributed by atoms with Crippen molar-refractivity contribution < 1.29 is 0 Å². The summed E-state index contributed by atoms with van der Waals surface area (Å²) in [5.74, 6) is 0.673. The highest BCUT2D eigenvalue weighted by molar-refractivity contribution is 5.87. The number of rotatable bonds is 2. The number of aromatic nitrogens is 1. The van der Waals surface area contributed by atoms with Gasteiger partial charge in [0.1, 0.15) is 0 Å². The van der Waals surface area contributed by atoms with Crippen molar-refractivity contribution in [1.82, 2.24) is 4.57 Å². The SMILES string of the molecule is Cc1ccc2c(CC3CCCC3N)cn(C)c2c1C. The minimum absolute atomic E-state index is 0.404. The first-order valence-electron chi connectivity index (χ1n) is 7.37. The molecule has 0 bridgehead atoms. The fraction of sp³-hybridized carbons (Fsp3) is 0.529. The van der Waals surface area contributed by atoms with Crippen LogP contribution in [0.15, 0.2) is 18.3 Å². The second kappa shape index (κ2) is 4.68. The van der Waals surface area contributed by atoms with E-state index in [-0.39, 0.29) is 0 Å². The van der Waals surface area contributed by atoms with E-state index in [0.29, 0.717) is 12.0 Å². The van der Waals surface area contributed by atoms with Gasteiger partial charge in [-0.3, -0.25) is 0 Å². The molecule has 1 aliphatic carbocycles. The molecule has 2 heteroatoms. The first-order chi connectivity index (χ1) is 9.08. The topological polar surface area (TPSA) is 30.9 Å². The van der Waals surface area contributed by atoms with E-state index >= 15 is 0 Å². The Balaban J connectivity index is 2.03. The lowest BCUT2D eigenvalue weighted by Crippen LogP contribution is -2.25. The van der Waals surface area contributed by atoms with Crippen LogP contribution in [-0.4, -0.2) is 10.6 Å². The zero-order valence-corrected chi connectivity index (χ0v) is 12.2. The first kappa shape index (κ1) is 12.7. The van der Waals surface area contributed by atoms with Crippen LogP contribution in [0.1, 0.15) is 36.0 Å². The summed E-state index contributed by atoms with van der Waals surface area (Å²) in [6.45, 7) is 4.41. The second-order valence-electron chi connectivity index (χ2n) is 6.23. The fourth-order valence-corrected chi connectivity index (χ4v) is 3.65. The molecule has 1 saturated carbocycles. The summed E-state index contributed by atoms with van der Waals surface area (Å²) in [6.07, 6.45) is 7.24. The van der Waals surface area contributed by atoms with E-state index in [1.54, 1.807) is 0 Å². The molecule has 0 saturated heterocycles. The van der Waals surface area contributed by atoms with Crippen LogP contribution in [0, 0.1) is 19.8 Å². The van der Waals surface area contributed by atoms with Crippen molar-refractivity contribution in [3.8, 4) is 0 Å². The zero-order chi connectivity index (χ0) is 13.6. The van der Waals surface area contributed by atoms with Gasteiger partial charge in [0.25, 0.3) is 0 Å². The Morgan fingerprint density at radius 3 is 2.74 bits per heavy atom. The van der Waals surface area contributed by atoms with E-state index in [9.17, 15) is 0 Å². The molecule has 1 aromatic heterocycles. The van der Waals surface area contributed by atoms with Crippen LogP contribution in [0.3, 0.4) is 0 Å². The molecule has 2 unspecified atom stereocenters. The Hall–Kier alpha value is -1.28. The molecule has 1 fully saturated rings. The molecule has 3 rings (SSSR count). The number of hydrogen-bond acceptors (Lipinski definition) is 1. The van der Waals surface area contributed by atoms with Gasteiger partial charge in [0.2, 0.25) is 0 Å². The molecule has 1 heterocycles. The molecule has 2 atom stereocenters. The summed E-state index contributed by atoms with van der Waals surface area (Å²) in [7, 11) is 2.16. The predicted molar refractivity (Wildman–Crippen MR) is 81.4 cm³/mol. The van der Waals surface area contributed by atoms with Crippen LogP contribution in [0.4, 0.5) is 0 Å². The zero-order valence-electron chi connectivity index (χ0n) is 12.2. The summed E-state index contributed by atoms with van der Waals surface area (Å²) < 4.78 is 2.29. The largest absolute Gasteiger partial charge is 0.350 e. The van der Waals surface area contributed by atoms with E-state index < -0.39 is 0 Å². The highest BCUT2D eigenvalue weighted by atomic mass is 14.9. The highest BCUT2D eigenvalue weighted by Crippen LogP contribution is 2.32. The van der Waals surface area contributed by atoms with E-state index in [1.807, 2.05) is 0 Å². The molecular formula is C17H24N2. The Morgan fingerprint density at radius 2 is 2.05 bits per heavy atom. The molecule has 1 aliphatic rings. The van der Waals surface area contributed by atoms with Crippen molar-refractivity contribution in [2.24, 2.45) is 18.7 Å². The van der Waals surface area contributed by atoms with E-state index in [0.717, 1.165) is 6.42 Å². The van der Waals surface area contributed by atoms with Crippen LogP contribution in [0.25, 0.3) is 10.9 Å². The fourth-order valence-electron chi connectivity index (χ4n) is 3.65. The van der Waals surface area contributed by atoms with Crippen molar-refractivity contribution in [2.75, 3.05) is 0 Å². The maximum atomic E-state index is 6.22. The number of hydrogen-bond donors (Lipinski definition) is 1. The number of benzene rings is 1. The van der Waals surface area contributed by atoms with Crippen molar-refractivity contribution >= 4 is 10.9 Å². The maximum Gasteiger partial charge on any atom is 0.0512 e. The molecule has 0 radical (unpaired) electrons. The highest BCUT2D eigenvalue weighted by Gasteiger charge is 2.25. The molecule has 0 amide bonds. The van der Waals surface area contributed by atoms with Crippen LogP contribution >= 0.6 is 0 Å². The van der Waals surface area contributed by atoms with E-state index in [4.69, 9.17) is 5.73 Å². The van der Waals surface area contributed by atoms with Crippen LogP contribution < -0.4 is 5.73 Å². The third-order valence-corrected chi connectivity index (χ3v) is 4.95. The number of aryl methyl sites for hydroxylation is 3. The molecule has 102 valence electrons. The normalized spacial score (nSPS) is 23.4. The third kappa shape index (κ3) is 2.08. The Morgan fingerprint density at radius 1 is 1.26 bits per heavy atom. The van der Waals surface area contributed by atoms with Crippen molar-refractivity contribution in [1.29, 1.82) is 0 Å². The average molecular weight is 256 g/mol. The molecule has 0 spiro atoms. The minimum Gasteiger partial charge on any atom is -0.350 e. The monoisotopic (exact) mass is 256 g/mol. The number of fused-ring (bicyclic) bond motifs is 1. The third-order valence-electron chi connectivity index (χ3n) is 4.95. The summed E-state index contributed by atoms with van der Waals surface area (Å²) in [5, 5.41) is 1.42. The van der Waals surface area contributed by atoms with Gasteiger partial charge in [-0.15, -0.1) is 0 Å². The average Bonchev–Trinajstić information content (AvgIpc) is 2.90. The van der Waals surface area contributed by atoms with Gasteiger partial charge in [-0.05, 0) is 55.7 Å². The van der Waals surface area contributed by atoms with Gasteiger partial charge in [0, 0.05) is 24.7 Å². The lowest BCUT2D eigenvalue weighted by Gasteiger charge is -2.14. The van der Waals surface area contributed by atoms with Gasteiger partial charge in [-0.25, -0.2) is 0 Å². The minimum atomic E-state index is 0.404. The second-order valence-corrected chi connectivity index (χ2v) is 6.23. The van der Waals surface area contributed by atoms with Gasteiger partial charge in [-0.2, -0.15) is 0 Å². The molecule has 19 heavy (non-hydrogen) atoms. The van der Waals surface area contributed by atoms with E-state index in [1.165, 1.54) is 46.9 Å². The van der Waals surface area contributed by atoms with Gasteiger partial charge < -0.3 is 10.3 Å². The molecule has 0 aliphatic heterocycles.